The van der Waals surface area contributed by atoms with E-state index in [1.54, 1.807) is 0 Å². The van der Waals surface area contributed by atoms with E-state index < -0.39 is 17.6 Å². The number of rotatable bonds is 18. The Kier molecular flexibility index (Phi) is 15.1. The molecule has 0 amide bonds. The fraction of sp³-hybridized carbons (Fsp3) is 1.00. The van der Waals surface area contributed by atoms with E-state index in [0.717, 1.165) is 0 Å². The summed E-state index contributed by atoms with van der Waals surface area (Å²) in [5, 5.41) is 0. The van der Waals surface area contributed by atoms with Gasteiger partial charge in [-0.25, -0.2) is 0 Å². The van der Waals surface area contributed by atoms with Gasteiger partial charge in [0.2, 0.25) is 0 Å². The molecular formula is C18H44N2O6Si2. The van der Waals surface area contributed by atoms with E-state index in [0.29, 0.717) is 52.7 Å². The molecule has 0 aliphatic rings. The molecule has 2 N–H and O–H groups in total. The highest BCUT2D eigenvalue weighted by atomic mass is 28.4. The van der Waals surface area contributed by atoms with Crippen LogP contribution in [0.3, 0.4) is 0 Å². The van der Waals surface area contributed by atoms with Crippen molar-refractivity contribution in [2.45, 2.75) is 66.7 Å². The van der Waals surface area contributed by atoms with Crippen LogP contribution in [-0.2, 0) is 26.6 Å². The Balaban J connectivity index is 6.07. The van der Waals surface area contributed by atoms with Gasteiger partial charge < -0.3 is 32.3 Å². The lowest BCUT2D eigenvalue weighted by Gasteiger charge is -2.45. The molecule has 0 aromatic carbocycles. The first kappa shape index (κ1) is 28.1. The van der Waals surface area contributed by atoms with Crippen molar-refractivity contribution in [2.75, 3.05) is 52.7 Å². The molecule has 0 bridgehead atoms. The summed E-state index contributed by atoms with van der Waals surface area (Å²) < 4.78 is 36.9. The van der Waals surface area contributed by atoms with Crippen molar-refractivity contribution in [1.82, 2.24) is 4.90 Å². The van der Waals surface area contributed by atoms with E-state index in [9.17, 15) is 0 Å². The number of hydrogen-bond acceptors (Lipinski definition) is 8. The van der Waals surface area contributed by atoms with Crippen molar-refractivity contribution in [3.8, 4) is 0 Å². The molecule has 2 atom stereocenters. The van der Waals surface area contributed by atoms with Gasteiger partial charge in [-0.2, -0.15) is 0 Å². The molecule has 0 rings (SSSR count). The van der Waals surface area contributed by atoms with Crippen LogP contribution in [0.2, 0.25) is 0 Å². The van der Waals surface area contributed by atoms with Gasteiger partial charge in [0.05, 0.1) is 11.3 Å². The lowest BCUT2D eigenvalue weighted by molar-refractivity contribution is 0.0109. The molecular weight excluding hydrogens is 396 g/mol. The van der Waals surface area contributed by atoms with Crippen LogP contribution in [0, 0.1) is 0 Å². The summed E-state index contributed by atoms with van der Waals surface area (Å²) in [7, 11) is -5.97. The molecule has 8 nitrogen and oxygen atoms in total. The molecule has 0 fully saturated rings. The largest absolute Gasteiger partial charge is 0.518 e. The van der Waals surface area contributed by atoms with E-state index in [2.05, 4.69) is 18.7 Å². The number of nitrogens with two attached hydrogens (primary N) is 1. The van der Waals surface area contributed by atoms with Crippen LogP contribution < -0.4 is 5.73 Å². The fourth-order valence-electron chi connectivity index (χ4n) is 3.46. The summed E-state index contributed by atoms with van der Waals surface area (Å²) in [6.07, 6.45) is 0. The summed E-state index contributed by atoms with van der Waals surface area (Å²) in [5.41, 5.74) is 5.73. The van der Waals surface area contributed by atoms with Gasteiger partial charge in [0.1, 0.15) is 0 Å². The zero-order chi connectivity index (χ0) is 21.6. The second-order valence-electron chi connectivity index (χ2n) is 6.18. The standard InChI is InChI=1S/C18H44N2O6Si2/c1-9-21-27(22-10-2,23-11-3)17(7)20(16-15-19)18(8)28(24-12-4,25-13-5)26-14-6/h17-18H,9-16,19H2,1-8H3. The fourth-order valence-corrected chi connectivity index (χ4v) is 9.49. The summed E-state index contributed by atoms with van der Waals surface area (Å²) in [6.45, 7) is 20.2. The second-order valence-corrected chi connectivity index (χ2v) is 12.0. The zero-order valence-electron chi connectivity index (χ0n) is 19.3. The minimum atomic E-state index is -2.98. The van der Waals surface area contributed by atoms with Crippen molar-refractivity contribution >= 4 is 17.6 Å². The van der Waals surface area contributed by atoms with Gasteiger partial charge in [0, 0.05) is 52.7 Å². The van der Waals surface area contributed by atoms with Crippen LogP contribution in [0.5, 0.6) is 0 Å². The second kappa shape index (κ2) is 15.0. The molecule has 0 saturated heterocycles. The van der Waals surface area contributed by atoms with Gasteiger partial charge in [-0.15, -0.1) is 0 Å². The first-order valence-electron chi connectivity index (χ1n) is 10.7. The van der Waals surface area contributed by atoms with Crippen molar-refractivity contribution in [3.05, 3.63) is 0 Å². The maximum Gasteiger partial charge on any atom is 0.518 e. The topological polar surface area (TPSA) is 84.6 Å². The quantitative estimate of drug-likeness (QED) is 0.325. The van der Waals surface area contributed by atoms with Crippen LogP contribution in [0.25, 0.3) is 0 Å². The molecule has 28 heavy (non-hydrogen) atoms. The average molecular weight is 441 g/mol. The van der Waals surface area contributed by atoms with Crippen molar-refractivity contribution < 1.29 is 26.6 Å². The third kappa shape index (κ3) is 7.42. The Labute approximate surface area is 174 Å². The molecule has 0 saturated carbocycles. The van der Waals surface area contributed by atoms with Crippen LogP contribution in [-0.4, -0.2) is 86.6 Å². The summed E-state index contributed by atoms with van der Waals surface area (Å²) in [5.74, 6) is 0. The average Bonchev–Trinajstić information content (AvgIpc) is 2.66. The van der Waals surface area contributed by atoms with E-state index in [-0.39, 0.29) is 11.3 Å². The molecule has 0 aliphatic carbocycles. The molecule has 0 spiro atoms. The Morgan fingerprint density at radius 2 is 0.857 bits per heavy atom. The van der Waals surface area contributed by atoms with E-state index in [1.165, 1.54) is 0 Å². The molecule has 2 unspecified atom stereocenters. The minimum Gasteiger partial charge on any atom is -0.373 e. The normalized spacial score (nSPS) is 15.2. The molecule has 0 heterocycles. The highest BCUT2D eigenvalue weighted by Crippen LogP contribution is 2.27. The van der Waals surface area contributed by atoms with Gasteiger partial charge in [-0.1, -0.05) is 0 Å². The van der Waals surface area contributed by atoms with Crippen LogP contribution in [0.4, 0.5) is 0 Å². The first-order valence-corrected chi connectivity index (χ1v) is 14.3. The SMILES string of the molecule is CCO[Si](OCC)(OCC)C(C)N(CCN)C(C)[Si](OCC)(OCC)OCC. The van der Waals surface area contributed by atoms with Gasteiger partial charge >= 0.3 is 17.6 Å². The maximum absolute atomic E-state index is 6.15. The van der Waals surface area contributed by atoms with E-state index in [1.807, 2.05) is 41.5 Å². The predicted octanol–water partition coefficient (Wildman–Crippen LogP) is 2.20. The van der Waals surface area contributed by atoms with E-state index >= 15 is 0 Å². The van der Waals surface area contributed by atoms with E-state index in [4.69, 9.17) is 32.3 Å². The summed E-state index contributed by atoms with van der Waals surface area (Å²) in [4.78, 5) is 2.24. The molecule has 0 radical (unpaired) electrons. The minimum absolute atomic E-state index is 0.126. The monoisotopic (exact) mass is 440 g/mol. The Hall–Kier alpha value is 0.114. The van der Waals surface area contributed by atoms with Gasteiger partial charge in [-0.05, 0) is 55.4 Å². The smallest absolute Gasteiger partial charge is 0.373 e. The van der Waals surface area contributed by atoms with Gasteiger partial charge in [0.25, 0.3) is 0 Å². The van der Waals surface area contributed by atoms with Gasteiger partial charge in [0.15, 0.2) is 0 Å². The lowest BCUT2D eigenvalue weighted by atomic mass is 10.4. The third-order valence-electron chi connectivity index (χ3n) is 4.48. The Morgan fingerprint density at radius 1 is 0.607 bits per heavy atom. The predicted molar refractivity (Wildman–Crippen MR) is 116 cm³/mol. The maximum atomic E-state index is 6.15. The summed E-state index contributed by atoms with van der Waals surface area (Å²) >= 11 is 0. The van der Waals surface area contributed by atoms with Crippen molar-refractivity contribution in [3.63, 3.8) is 0 Å². The number of nitrogens with zero attached hydrogens (tertiary/aromatic N) is 1. The molecule has 170 valence electrons. The highest BCUT2D eigenvalue weighted by Gasteiger charge is 2.56. The number of hydrogen-bond donors (Lipinski definition) is 1. The zero-order valence-corrected chi connectivity index (χ0v) is 21.3. The molecule has 0 aromatic heterocycles. The molecule has 10 heteroatoms. The van der Waals surface area contributed by atoms with Crippen molar-refractivity contribution in [1.29, 1.82) is 0 Å². The lowest BCUT2D eigenvalue weighted by Crippen LogP contribution is -2.70. The highest BCUT2D eigenvalue weighted by molar-refractivity contribution is 6.64. The molecule has 0 aromatic rings. The Bertz CT molecular complexity index is 329. The van der Waals surface area contributed by atoms with Crippen LogP contribution in [0.1, 0.15) is 55.4 Å². The Morgan fingerprint density at radius 3 is 1.04 bits per heavy atom. The summed E-state index contributed by atoms with van der Waals surface area (Å²) in [6, 6.07) is 0. The van der Waals surface area contributed by atoms with Crippen LogP contribution >= 0.6 is 0 Å². The van der Waals surface area contributed by atoms with Gasteiger partial charge in [-0.3, -0.25) is 4.90 Å². The molecule has 0 aliphatic heterocycles. The van der Waals surface area contributed by atoms with Crippen molar-refractivity contribution in [2.24, 2.45) is 5.73 Å². The first-order chi connectivity index (χ1) is 13.4. The van der Waals surface area contributed by atoms with Crippen LogP contribution in [0.15, 0.2) is 0 Å². The third-order valence-corrected chi connectivity index (χ3v) is 11.3.